The Morgan fingerprint density at radius 1 is 1.41 bits per heavy atom. The van der Waals surface area contributed by atoms with E-state index in [2.05, 4.69) is 9.46 Å². The summed E-state index contributed by atoms with van der Waals surface area (Å²) < 4.78 is 29.6. The SMILES string of the molecule is COC(=O)CS(=O)(=O)NCC(C)(C)CCCO. The summed E-state index contributed by atoms with van der Waals surface area (Å²) in [4.78, 5) is 10.8. The van der Waals surface area contributed by atoms with Crippen LogP contribution in [0.1, 0.15) is 26.7 Å². The molecule has 0 aliphatic carbocycles. The molecule has 0 aromatic rings. The number of ether oxygens (including phenoxy) is 1. The Balaban J connectivity index is 4.21. The number of nitrogens with one attached hydrogen (secondary N) is 1. The second-order valence-electron chi connectivity index (χ2n) is 4.65. The number of sulfonamides is 1. The second kappa shape index (κ2) is 6.93. The van der Waals surface area contributed by atoms with Crippen LogP contribution in [-0.4, -0.2) is 45.5 Å². The molecule has 0 unspecified atom stereocenters. The summed E-state index contributed by atoms with van der Waals surface area (Å²) in [6.45, 7) is 4.09. The Morgan fingerprint density at radius 2 is 2.00 bits per heavy atom. The highest BCUT2D eigenvalue weighted by Gasteiger charge is 2.22. The summed E-state index contributed by atoms with van der Waals surface area (Å²) in [6.07, 6.45) is 1.32. The van der Waals surface area contributed by atoms with Gasteiger partial charge in [-0.25, -0.2) is 13.1 Å². The van der Waals surface area contributed by atoms with Crippen LogP contribution in [0.3, 0.4) is 0 Å². The van der Waals surface area contributed by atoms with E-state index in [-0.39, 0.29) is 18.6 Å². The van der Waals surface area contributed by atoms with E-state index in [1.807, 2.05) is 13.8 Å². The van der Waals surface area contributed by atoms with Crippen molar-refractivity contribution in [2.24, 2.45) is 5.41 Å². The molecule has 0 bridgehead atoms. The van der Waals surface area contributed by atoms with E-state index in [1.165, 1.54) is 0 Å². The van der Waals surface area contributed by atoms with Crippen LogP contribution in [0.15, 0.2) is 0 Å². The lowest BCUT2D eigenvalue weighted by molar-refractivity contribution is -0.137. The first kappa shape index (κ1) is 16.3. The maximum Gasteiger partial charge on any atom is 0.322 e. The van der Waals surface area contributed by atoms with Gasteiger partial charge in [0.15, 0.2) is 5.75 Å². The van der Waals surface area contributed by atoms with Crippen LogP contribution >= 0.6 is 0 Å². The van der Waals surface area contributed by atoms with Crippen molar-refractivity contribution in [3.05, 3.63) is 0 Å². The third-order valence-electron chi connectivity index (χ3n) is 2.32. The lowest BCUT2D eigenvalue weighted by atomic mass is 9.88. The van der Waals surface area contributed by atoms with Gasteiger partial charge in [0.2, 0.25) is 10.0 Å². The summed E-state index contributed by atoms with van der Waals surface area (Å²) in [6, 6.07) is 0. The average Bonchev–Trinajstić information content (AvgIpc) is 2.23. The molecule has 0 heterocycles. The van der Waals surface area contributed by atoms with Crippen molar-refractivity contribution in [1.29, 1.82) is 0 Å². The van der Waals surface area contributed by atoms with Crippen molar-refractivity contribution in [2.75, 3.05) is 26.0 Å². The van der Waals surface area contributed by atoms with Gasteiger partial charge in [0, 0.05) is 13.2 Å². The number of aliphatic hydroxyl groups is 1. The third-order valence-corrected chi connectivity index (χ3v) is 3.52. The van der Waals surface area contributed by atoms with E-state index in [4.69, 9.17) is 5.11 Å². The molecular formula is C10H21NO5S. The van der Waals surface area contributed by atoms with Gasteiger partial charge in [-0.15, -0.1) is 0 Å². The molecule has 0 amide bonds. The number of carbonyl (C=O) groups is 1. The van der Waals surface area contributed by atoms with E-state index >= 15 is 0 Å². The van der Waals surface area contributed by atoms with Gasteiger partial charge in [0.05, 0.1) is 7.11 Å². The zero-order valence-electron chi connectivity index (χ0n) is 10.5. The van der Waals surface area contributed by atoms with Crippen molar-refractivity contribution in [2.45, 2.75) is 26.7 Å². The molecule has 0 atom stereocenters. The molecule has 6 nitrogen and oxygen atoms in total. The number of hydrogen-bond donors (Lipinski definition) is 2. The molecule has 0 aromatic heterocycles. The lowest BCUT2D eigenvalue weighted by Gasteiger charge is -2.24. The number of hydrogen-bond acceptors (Lipinski definition) is 5. The smallest absolute Gasteiger partial charge is 0.322 e. The molecule has 17 heavy (non-hydrogen) atoms. The van der Waals surface area contributed by atoms with Crippen LogP contribution < -0.4 is 4.72 Å². The Morgan fingerprint density at radius 3 is 2.47 bits per heavy atom. The molecular weight excluding hydrogens is 246 g/mol. The lowest BCUT2D eigenvalue weighted by Crippen LogP contribution is -2.37. The molecule has 0 fully saturated rings. The maximum atomic E-state index is 11.5. The summed E-state index contributed by atoms with van der Waals surface area (Å²) in [5, 5.41) is 8.71. The topological polar surface area (TPSA) is 92.7 Å². The fourth-order valence-corrected chi connectivity index (χ4v) is 2.36. The predicted octanol–water partition coefficient (Wildman–Crippen LogP) is -0.122. The van der Waals surface area contributed by atoms with Gasteiger partial charge in [0.25, 0.3) is 0 Å². The van der Waals surface area contributed by atoms with Crippen molar-refractivity contribution in [3.8, 4) is 0 Å². The molecule has 0 rings (SSSR count). The molecule has 0 saturated heterocycles. The number of rotatable bonds is 8. The molecule has 2 N–H and O–H groups in total. The highest BCUT2D eigenvalue weighted by Crippen LogP contribution is 2.20. The Hall–Kier alpha value is -0.660. The average molecular weight is 267 g/mol. The second-order valence-corrected chi connectivity index (χ2v) is 6.45. The first-order valence-corrected chi connectivity index (χ1v) is 7.03. The van der Waals surface area contributed by atoms with Gasteiger partial charge >= 0.3 is 5.97 Å². The van der Waals surface area contributed by atoms with Gasteiger partial charge in [-0.1, -0.05) is 13.8 Å². The fraction of sp³-hybridized carbons (Fsp3) is 0.900. The quantitative estimate of drug-likeness (QED) is 0.598. The minimum Gasteiger partial charge on any atom is -0.468 e. The van der Waals surface area contributed by atoms with Gasteiger partial charge in [-0.2, -0.15) is 0 Å². The van der Waals surface area contributed by atoms with Crippen LogP contribution in [-0.2, 0) is 19.6 Å². The molecule has 0 radical (unpaired) electrons. The summed E-state index contributed by atoms with van der Waals surface area (Å²) in [7, 11) is -2.50. The number of methoxy groups -OCH3 is 1. The predicted molar refractivity (Wildman–Crippen MR) is 63.9 cm³/mol. The van der Waals surface area contributed by atoms with Gasteiger partial charge in [0.1, 0.15) is 0 Å². The van der Waals surface area contributed by atoms with E-state index in [0.717, 1.165) is 7.11 Å². The summed E-state index contributed by atoms with van der Waals surface area (Å²) in [5.74, 6) is -1.45. The first-order chi connectivity index (χ1) is 7.72. The third kappa shape index (κ3) is 8.12. The van der Waals surface area contributed by atoms with Gasteiger partial charge in [-0.05, 0) is 18.3 Å². The Bertz CT molecular complexity index is 337. The van der Waals surface area contributed by atoms with Crippen molar-refractivity contribution in [3.63, 3.8) is 0 Å². The Kier molecular flexibility index (Phi) is 6.66. The van der Waals surface area contributed by atoms with E-state index in [9.17, 15) is 13.2 Å². The molecule has 0 aliphatic rings. The van der Waals surface area contributed by atoms with Crippen LogP contribution in [0.2, 0.25) is 0 Å². The zero-order valence-corrected chi connectivity index (χ0v) is 11.3. The number of aliphatic hydroxyl groups excluding tert-OH is 1. The standard InChI is InChI=1S/C10H21NO5S/c1-10(2,5-4-6-12)8-11-17(14,15)7-9(13)16-3/h11-12H,4-8H2,1-3H3. The maximum absolute atomic E-state index is 11.5. The monoisotopic (exact) mass is 267 g/mol. The molecule has 0 spiro atoms. The Labute approximate surface area is 102 Å². The van der Waals surface area contributed by atoms with Crippen LogP contribution in [0.5, 0.6) is 0 Å². The molecule has 0 aliphatic heterocycles. The molecule has 102 valence electrons. The summed E-state index contributed by atoms with van der Waals surface area (Å²) >= 11 is 0. The highest BCUT2D eigenvalue weighted by molar-refractivity contribution is 7.90. The van der Waals surface area contributed by atoms with Crippen LogP contribution in [0.4, 0.5) is 0 Å². The zero-order chi connectivity index (χ0) is 13.5. The van der Waals surface area contributed by atoms with E-state index in [1.54, 1.807) is 0 Å². The first-order valence-electron chi connectivity index (χ1n) is 5.37. The van der Waals surface area contributed by atoms with Crippen LogP contribution in [0.25, 0.3) is 0 Å². The van der Waals surface area contributed by atoms with Crippen LogP contribution in [0, 0.1) is 5.41 Å². The van der Waals surface area contributed by atoms with E-state index < -0.39 is 21.7 Å². The summed E-state index contributed by atoms with van der Waals surface area (Å²) in [5.41, 5.74) is -0.258. The molecule has 0 saturated carbocycles. The minimum absolute atomic E-state index is 0.0817. The number of esters is 1. The van der Waals surface area contributed by atoms with Gasteiger partial charge in [-0.3, -0.25) is 4.79 Å². The van der Waals surface area contributed by atoms with E-state index in [0.29, 0.717) is 12.8 Å². The van der Waals surface area contributed by atoms with Crippen molar-refractivity contribution < 1.29 is 23.1 Å². The van der Waals surface area contributed by atoms with Crippen molar-refractivity contribution >= 4 is 16.0 Å². The largest absolute Gasteiger partial charge is 0.468 e. The molecule has 7 heteroatoms. The normalized spacial score (nSPS) is 12.5. The fourth-order valence-electron chi connectivity index (χ4n) is 1.22. The minimum atomic E-state index is -3.64. The van der Waals surface area contributed by atoms with Crippen molar-refractivity contribution in [1.82, 2.24) is 4.72 Å². The highest BCUT2D eigenvalue weighted by atomic mass is 32.2. The molecule has 0 aromatic carbocycles. The number of carbonyl (C=O) groups excluding carboxylic acids is 1. The van der Waals surface area contributed by atoms with Gasteiger partial charge < -0.3 is 9.84 Å².